The first-order chi connectivity index (χ1) is 16.6. The molecule has 8 heteroatoms. The van der Waals surface area contributed by atoms with Crippen molar-refractivity contribution in [1.82, 2.24) is 14.7 Å². The van der Waals surface area contributed by atoms with E-state index in [2.05, 4.69) is 46.2 Å². The zero-order valence-electron chi connectivity index (χ0n) is 19.9. The van der Waals surface area contributed by atoms with E-state index in [4.69, 9.17) is 26.2 Å². The van der Waals surface area contributed by atoms with Gasteiger partial charge in [0.2, 0.25) is 0 Å². The lowest BCUT2D eigenvalue weighted by molar-refractivity contribution is -0.149. The highest BCUT2D eigenvalue weighted by Crippen LogP contribution is 2.30. The van der Waals surface area contributed by atoms with Crippen molar-refractivity contribution in [2.24, 2.45) is 0 Å². The van der Waals surface area contributed by atoms with E-state index in [0.29, 0.717) is 26.3 Å². The Balaban J connectivity index is 1.40. The van der Waals surface area contributed by atoms with Crippen LogP contribution in [0.4, 0.5) is 0 Å². The second-order valence-electron chi connectivity index (χ2n) is 8.54. The molecule has 0 aromatic heterocycles. The van der Waals surface area contributed by atoms with Gasteiger partial charge >= 0.3 is 5.97 Å². The van der Waals surface area contributed by atoms with Gasteiger partial charge < -0.3 is 19.5 Å². The minimum absolute atomic E-state index is 0.0314. The van der Waals surface area contributed by atoms with E-state index >= 15 is 0 Å². The predicted molar refractivity (Wildman–Crippen MR) is 134 cm³/mol. The Labute approximate surface area is 207 Å². The predicted octanol–water partition coefficient (Wildman–Crippen LogP) is 2.53. The molecule has 3 rings (SSSR count). The fourth-order valence-electron chi connectivity index (χ4n) is 4.13. The van der Waals surface area contributed by atoms with E-state index in [1.807, 2.05) is 30.1 Å². The Morgan fingerprint density at radius 3 is 2.35 bits per heavy atom. The van der Waals surface area contributed by atoms with Crippen LogP contribution in [0.3, 0.4) is 0 Å². The second-order valence-corrected chi connectivity index (χ2v) is 8.98. The van der Waals surface area contributed by atoms with Gasteiger partial charge in [-0.05, 0) is 30.3 Å². The number of benzene rings is 2. The van der Waals surface area contributed by atoms with Gasteiger partial charge in [-0.15, -0.1) is 0 Å². The average Bonchev–Trinajstić information content (AvgIpc) is 2.85. The number of halogens is 1. The van der Waals surface area contributed by atoms with Crippen molar-refractivity contribution < 1.29 is 19.4 Å². The van der Waals surface area contributed by atoms with Crippen LogP contribution in [0.5, 0.6) is 0 Å². The molecule has 1 N–H and O–H groups in total. The third-order valence-electron chi connectivity index (χ3n) is 6.06. The van der Waals surface area contributed by atoms with Gasteiger partial charge in [-0.25, -0.2) is 4.79 Å². The topological polar surface area (TPSA) is 65.5 Å². The lowest BCUT2D eigenvalue weighted by Gasteiger charge is -2.39. The number of esters is 1. The fraction of sp³-hybridized carbons (Fsp3) is 0.500. The zero-order valence-corrected chi connectivity index (χ0v) is 20.7. The van der Waals surface area contributed by atoms with Crippen molar-refractivity contribution in [3.05, 3.63) is 70.7 Å². The molecule has 1 unspecified atom stereocenters. The van der Waals surface area contributed by atoms with Crippen LogP contribution in [0.2, 0.25) is 5.02 Å². The summed E-state index contributed by atoms with van der Waals surface area (Å²) in [5, 5.41) is 9.62. The third-order valence-corrected chi connectivity index (χ3v) is 6.31. The highest BCUT2D eigenvalue weighted by atomic mass is 35.5. The van der Waals surface area contributed by atoms with Crippen molar-refractivity contribution >= 4 is 17.6 Å². The van der Waals surface area contributed by atoms with Crippen molar-refractivity contribution in [3.63, 3.8) is 0 Å². The summed E-state index contributed by atoms with van der Waals surface area (Å²) < 4.78 is 10.7. The first kappa shape index (κ1) is 26.6. The Bertz CT molecular complexity index is 845. The van der Waals surface area contributed by atoms with Gasteiger partial charge in [-0.1, -0.05) is 54.1 Å². The number of aliphatic hydroxyl groups excluding tert-OH is 1. The monoisotopic (exact) mass is 489 g/mol. The molecule has 1 aliphatic heterocycles. The van der Waals surface area contributed by atoms with E-state index < -0.39 is 0 Å². The Morgan fingerprint density at radius 1 is 1.00 bits per heavy atom. The molecule has 7 nitrogen and oxygen atoms in total. The maximum Gasteiger partial charge on any atom is 0.332 e. The van der Waals surface area contributed by atoms with Crippen molar-refractivity contribution in [3.8, 4) is 0 Å². The molecule has 0 radical (unpaired) electrons. The minimum Gasteiger partial charge on any atom is -0.463 e. The number of carbonyl (C=O) groups excluding carboxylic acids is 1. The number of likely N-dealkylation sites (N-methyl/N-ethyl adjacent to an activating group) is 1. The number of carbonyl (C=O) groups is 1. The molecule has 1 atom stereocenters. The normalized spacial score (nSPS) is 16.0. The third kappa shape index (κ3) is 8.65. The number of nitrogens with zero attached hydrogens (tertiary/aromatic N) is 3. The molecule has 0 saturated carbocycles. The van der Waals surface area contributed by atoms with Crippen LogP contribution >= 0.6 is 11.6 Å². The van der Waals surface area contributed by atoms with E-state index in [1.54, 1.807) is 0 Å². The standard InChI is InChI=1S/C26H36ClN3O4/c1-28(15-18-31)16-20-34-25(32)21-33-19-17-29-11-13-30(14-12-29)26(22-5-3-2-4-6-22)23-7-9-24(27)10-8-23/h2-10,26,31H,11-21H2,1H3. The van der Waals surface area contributed by atoms with Crippen molar-refractivity contribution in [2.75, 3.05) is 79.3 Å². The smallest absolute Gasteiger partial charge is 0.332 e. The molecule has 2 aromatic rings. The van der Waals surface area contributed by atoms with Crippen LogP contribution in [0.15, 0.2) is 54.6 Å². The highest BCUT2D eigenvalue weighted by Gasteiger charge is 2.26. The van der Waals surface area contributed by atoms with Crippen LogP contribution in [-0.2, 0) is 14.3 Å². The number of hydrogen-bond acceptors (Lipinski definition) is 7. The van der Waals surface area contributed by atoms with Gasteiger partial charge in [0.05, 0.1) is 19.3 Å². The summed E-state index contributed by atoms with van der Waals surface area (Å²) in [5.41, 5.74) is 2.52. The summed E-state index contributed by atoms with van der Waals surface area (Å²) >= 11 is 6.12. The van der Waals surface area contributed by atoms with Gasteiger partial charge in [0.25, 0.3) is 0 Å². The Hall–Kier alpha value is -2.00. The summed E-state index contributed by atoms with van der Waals surface area (Å²) in [5.74, 6) is -0.351. The first-order valence-electron chi connectivity index (χ1n) is 11.9. The van der Waals surface area contributed by atoms with Gasteiger partial charge in [-0.2, -0.15) is 0 Å². The molecule has 0 spiro atoms. The second kappa shape index (κ2) is 14.4. The van der Waals surface area contributed by atoms with E-state index in [9.17, 15) is 4.79 Å². The first-order valence-corrected chi connectivity index (χ1v) is 12.2. The van der Waals surface area contributed by atoms with Crippen molar-refractivity contribution in [1.29, 1.82) is 0 Å². The quantitative estimate of drug-likeness (QED) is 0.342. The maximum absolute atomic E-state index is 11.8. The zero-order chi connectivity index (χ0) is 24.2. The number of ether oxygens (including phenoxy) is 2. The van der Waals surface area contributed by atoms with Crippen LogP contribution in [0.25, 0.3) is 0 Å². The number of hydrogen-bond donors (Lipinski definition) is 1. The summed E-state index contributed by atoms with van der Waals surface area (Å²) in [6, 6.07) is 18.9. The molecule has 0 bridgehead atoms. The molecule has 0 aliphatic carbocycles. The number of piperazine rings is 1. The van der Waals surface area contributed by atoms with Crippen LogP contribution in [0.1, 0.15) is 17.2 Å². The molecule has 1 fully saturated rings. The Kier molecular flexibility index (Phi) is 11.3. The molecule has 2 aromatic carbocycles. The lowest BCUT2D eigenvalue weighted by atomic mass is 9.96. The van der Waals surface area contributed by atoms with E-state index in [1.165, 1.54) is 11.1 Å². The molecular formula is C26H36ClN3O4. The number of rotatable bonds is 13. The molecule has 0 amide bonds. The minimum atomic E-state index is -0.351. The maximum atomic E-state index is 11.8. The van der Waals surface area contributed by atoms with Gasteiger partial charge in [0.15, 0.2) is 0 Å². The average molecular weight is 490 g/mol. The molecule has 1 heterocycles. The summed E-state index contributed by atoms with van der Waals surface area (Å²) in [4.78, 5) is 18.6. The van der Waals surface area contributed by atoms with Crippen LogP contribution in [0, 0.1) is 0 Å². The van der Waals surface area contributed by atoms with Gasteiger partial charge in [-0.3, -0.25) is 9.80 Å². The summed E-state index contributed by atoms with van der Waals surface area (Å²) in [7, 11) is 1.87. The molecule has 1 saturated heterocycles. The SMILES string of the molecule is CN(CCO)CCOC(=O)COCCN1CCN(C(c2ccccc2)c2ccc(Cl)cc2)CC1. The summed E-state index contributed by atoms with van der Waals surface area (Å²) in [6.45, 7) is 6.60. The molecule has 186 valence electrons. The molecular weight excluding hydrogens is 454 g/mol. The van der Waals surface area contributed by atoms with Crippen LogP contribution in [-0.4, -0.2) is 105 Å². The summed E-state index contributed by atoms with van der Waals surface area (Å²) in [6.07, 6.45) is 0. The van der Waals surface area contributed by atoms with Crippen molar-refractivity contribution in [2.45, 2.75) is 6.04 Å². The van der Waals surface area contributed by atoms with Crippen LogP contribution < -0.4 is 0 Å². The molecule has 1 aliphatic rings. The number of aliphatic hydroxyl groups is 1. The van der Waals surface area contributed by atoms with Gasteiger partial charge in [0.1, 0.15) is 13.2 Å². The van der Waals surface area contributed by atoms with E-state index in [0.717, 1.165) is 37.7 Å². The fourth-order valence-corrected chi connectivity index (χ4v) is 4.25. The molecule has 34 heavy (non-hydrogen) atoms. The lowest BCUT2D eigenvalue weighted by Crippen LogP contribution is -2.48. The largest absolute Gasteiger partial charge is 0.463 e. The van der Waals surface area contributed by atoms with E-state index in [-0.39, 0.29) is 25.2 Å². The Morgan fingerprint density at radius 2 is 1.68 bits per heavy atom. The highest BCUT2D eigenvalue weighted by molar-refractivity contribution is 6.30. The van der Waals surface area contributed by atoms with Gasteiger partial charge in [0, 0.05) is 50.8 Å².